The minimum absolute atomic E-state index is 0.287. The Labute approximate surface area is 84.6 Å². The van der Waals surface area contributed by atoms with Crippen LogP contribution in [0.2, 0.25) is 0 Å². The van der Waals surface area contributed by atoms with E-state index in [1.54, 1.807) is 12.1 Å². The summed E-state index contributed by atoms with van der Waals surface area (Å²) in [6.07, 6.45) is 2.18. The van der Waals surface area contributed by atoms with Crippen LogP contribution in [-0.2, 0) is 5.60 Å². The summed E-state index contributed by atoms with van der Waals surface area (Å²) in [5.41, 5.74) is -0.182. The maximum Gasteiger partial charge on any atom is 0.123 e. The van der Waals surface area contributed by atoms with Gasteiger partial charge in [0.25, 0.3) is 0 Å². The van der Waals surface area contributed by atoms with Crippen molar-refractivity contribution < 1.29 is 9.50 Å². The standard InChI is InChI=1S/C12H17FO/c1-3-8-12(14,4-2)10-6-5-7-11(13)9-10/h5-7,9,14H,3-4,8H2,1-2H3. The Bertz CT molecular complexity index is 298. The maximum atomic E-state index is 13.0. The second kappa shape index (κ2) is 4.56. The lowest BCUT2D eigenvalue weighted by Crippen LogP contribution is -2.24. The van der Waals surface area contributed by atoms with Gasteiger partial charge in [0.05, 0.1) is 5.60 Å². The zero-order valence-corrected chi connectivity index (χ0v) is 8.76. The molecule has 1 aromatic carbocycles. The third-order valence-corrected chi connectivity index (χ3v) is 2.61. The van der Waals surface area contributed by atoms with Crippen molar-refractivity contribution in [1.82, 2.24) is 0 Å². The van der Waals surface area contributed by atoms with Crippen molar-refractivity contribution in [1.29, 1.82) is 0 Å². The van der Waals surface area contributed by atoms with Crippen LogP contribution in [0.15, 0.2) is 24.3 Å². The summed E-state index contributed by atoms with van der Waals surface area (Å²) in [6, 6.07) is 6.23. The summed E-state index contributed by atoms with van der Waals surface area (Å²) in [5.74, 6) is -0.287. The van der Waals surface area contributed by atoms with Crippen LogP contribution in [-0.4, -0.2) is 5.11 Å². The molecule has 0 heterocycles. The predicted octanol–water partition coefficient (Wildman–Crippen LogP) is 3.22. The Morgan fingerprint density at radius 1 is 1.36 bits per heavy atom. The fourth-order valence-electron chi connectivity index (χ4n) is 1.72. The van der Waals surface area contributed by atoms with Gasteiger partial charge in [-0.05, 0) is 30.5 Å². The molecule has 1 atom stereocenters. The Balaban J connectivity index is 2.99. The summed E-state index contributed by atoms with van der Waals surface area (Å²) in [6.45, 7) is 3.93. The van der Waals surface area contributed by atoms with Gasteiger partial charge >= 0.3 is 0 Å². The van der Waals surface area contributed by atoms with E-state index in [1.807, 2.05) is 13.8 Å². The molecule has 0 saturated carbocycles. The van der Waals surface area contributed by atoms with Crippen molar-refractivity contribution in [3.8, 4) is 0 Å². The van der Waals surface area contributed by atoms with Crippen LogP contribution in [0.3, 0.4) is 0 Å². The van der Waals surface area contributed by atoms with E-state index < -0.39 is 5.60 Å². The largest absolute Gasteiger partial charge is 0.385 e. The normalized spacial score (nSPS) is 15.1. The van der Waals surface area contributed by atoms with E-state index in [2.05, 4.69) is 0 Å². The van der Waals surface area contributed by atoms with E-state index in [9.17, 15) is 9.50 Å². The lowest BCUT2D eigenvalue weighted by atomic mass is 9.87. The molecule has 0 aliphatic carbocycles. The van der Waals surface area contributed by atoms with Crippen molar-refractivity contribution in [3.05, 3.63) is 35.6 Å². The quantitative estimate of drug-likeness (QED) is 0.783. The summed E-state index contributed by atoms with van der Waals surface area (Å²) in [4.78, 5) is 0. The molecular weight excluding hydrogens is 179 g/mol. The highest BCUT2D eigenvalue weighted by molar-refractivity contribution is 5.23. The van der Waals surface area contributed by atoms with E-state index in [-0.39, 0.29) is 5.82 Å². The summed E-state index contributed by atoms with van der Waals surface area (Å²) in [5, 5.41) is 10.2. The molecule has 0 aromatic heterocycles. The third kappa shape index (κ3) is 2.32. The van der Waals surface area contributed by atoms with Crippen molar-refractivity contribution >= 4 is 0 Å². The molecule has 14 heavy (non-hydrogen) atoms. The summed E-state index contributed by atoms with van der Waals surface area (Å²) < 4.78 is 13.0. The van der Waals surface area contributed by atoms with E-state index in [0.717, 1.165) is 6.42 Å². The second-order valence-corrected chi connectivity index (χ2v) is 3.65. The number of aliphatic hydroxyl groups is 1. The van der Waals surface area contributed by atoms with Crippen LogP contribution in [0.4, 0.5) is 4.39 Å². The molecule has 1 rings (SSSR count). The van der Waals surface area contributed by atoms with Crippen molar-refractivity contribution in [2.24, 2.45) is 0 Å². The Kier molecular flexibility index (Phi) is 3.64. The van der Waals surface area contributed by atoms with Crippen LogP contribution >= 0.6 is 0 Å². The molecule has 78 valence electrons. The Morgan fingerprint density at radius 3 is 2.57 bits per heavy atom. The lowest BCUT2D eigenvalue weighted by molar-refractivity contribution is 0.0223. The summed E-state index contributed by atoms with van der Waals surface area (Å²) >= 11 is 0. The van der Waals surface area contributed by atoms with Gasteiger partial charge in [0.1, 0.15) is 5.82 Å². The van der Waals surface area contributed by atoms with Crippen LogP contribution in [0.1, 0.15) is 38.7 Å². The van der Waals surface area contributed by atoms with E-state index in [4.69, 9.17) is 0 Å². The monoisotopic (exact) mass is 196 g/mol. The molecule has 0 fully saturated rings. The van der Waals surface area contributed by atoms with Gasteiger partial charge in [0, 0.05) is 0 Å². The molecule has 0 saturated heterocycles. The molecule has 0 aliphatic rings. The molecule has 0 bridgehead atoms. The van der Waals surface area contributed by atoms with E-state index >= 15 is 0 Å². The average Bonchev–Trinajstić information content (AvgIpc) is 2.18. The Hall–Kier alpha value is -0.890. The Morgan fingerprint density at radius 2 is 2.07 bits per heavy atom. The van der Waals surface area contributed by atoms with E-state index in [0.29, 0.717) is 18.4 Å². The van der Waals surface area contributed by atoms with Gasteiger partial charge < -0.3 is 5.11 Å². The van der Waals surface area contributed by atoms with Crippen molar-refractivity contribution in [2.45, 2.75) is 38.7 Å². The number of hydrogen-bond acceptors (Lipinski definition) is 1. The van der Waals surface area contributed by atoms with Crippen LogP contribution in [0.5, 0.6) is 0 Å². The third-order valence-electron chi connectivity index (χ3n) is 2.61. The fraction of sp³-hybridized carbons (Fsp3) is 0.500. The molecule has 0 spiro atoms. The molecule has 2 heteroatoms. The molecular formula is C12H17FO. The minimum atomic E-state index is -0.864. The molecule has 1 nitrogen and oxygen atoms in total. The minimum Gasteiger partial charge on any atom is -0.385 e. The zero-order valence-electron chi connectivity index (χ0n) is 8.76. The first kappa shape index (κ1) is 11.2. The van der Waals surface area contributed by atoms with Crippen LogP contribution in [0, 0.1) is 5.82 Å². The van der Waals surface area contributed by atoms with Gasteiger partial charge in [-0.25, -0.2) is 4.39 Å². The van der Waals surface area contributed by atoms with Gasteiger partial charge in [0.15, 0.2) is 0 Å². The first-order valence-electron chi connectivity index (χ1n) is 5.11. The number of rotatable bonds is 4. The lowest BCUT2D eigenvalue weighted by Gasteiger charge is -2.26. The highest BCUT2D eigenvalue weighted by atomic mass is 19.1. The van der Waals surface area contributed by atoms with Gasteiger partial charge in [-0.2, -0.15) is 0 Å². The molecule has 1 aromatic rings. The van der Waals surface area contributed by atoms with Crippen LogP contribution in [0.25, 0.3) is 0 Å². The highest BCUT2D eigenvalue weighted by Gasteiger charge is 2.25. The predicted molar refractivity (Wildman–Crippen MR) is 55.5 cm³/mol. The molecule has 1 unspecified atom stereocenters. The van der Waals surface area contributed by atoms with Crippen LogP contribution < -0.4 is 0 Å². The topological polar surface area (TPSA) is 20.2 Å². The van der Waals surface area contributed by atoms with Gasteiger partial charge in [0.2, 0.25) is 0 Å². The molecule has 0 amide bonds. The number of halogens is 1. The molecule has 0 aliphatic heterocycles. The maximum absolute atomic E-state index is 13.0. The van der Waals surface area contributed by atoms with Crippen molar-refractivity contribution in [3.63, 3.8) is 0 Å². The van der Waals surface area contributed by atoms with E-state index in [1.165, 1.54) is 12.1 Å². The smallest absolute Gasteiger partial charge is 0.123 e. The molecule has 0 radical (unpaired) electrons. The molecule has 1 N–H and O–H groups in total. The first-order chi connectivity index (χ1) is 6.62. The van der Waals surface area contributed by atoms with Crippen molar-refractivity contribution in [2.75, 3.05) is 0 Å². The highest BCUT2D eigenvalue weighted by Crippen LogP contribution is 2.30. The number of hydrogen-bond donors (Lipinski definition) is 1. The summed E-state index contributed by atoms with van der Waals surface area (Å²) in [7, 11) is 0. The van der Waals surface area contributed by atoms with Gasteiger partial charge in [-0.3, -0.25) is 0 Å². The number of benzene rings is 1. The first-order valence-corrected chi connectivity index (χ1v) is 5.11. The van der Waals surface area contributed by atoms with Gasteiger partial charge in [-0.15, -0.1) is 0 Å². The zero-order chi connectivity index (χ0) is 10.6. The fourth-order valence-corrected chi connectivity index (χ4v) is 1.72. The van der Waals surface area contributed by atoms with Gasteiger partial charge in [-0.1, -0.05) is 32.4 Å². The second-order valence-electron chi connectivity index (χ2n) is 3.65. The average molecular weight is 196 g/mol. The SMILES string of the molecule is CCCC(O)(CC)c1cccc(F)c1.